The number of hydrogen-bond acceptors (Lipinski definition) is 8. The number of esters is 1. The zero-order valence-corrected chi connectivity index (χ0v) is 20.0. The fourth-order valence-corrected chi connectivity index (χ4v) is 5.41. The second-order valence-corrected chi connectivity index (χ2v) is 9.66. The maximum absolute atomic E-state index is 12.1. The molecule has 1 N–H and O–H groups in total. The molecule has 2 aromatic rings. The number of piperazine rings is 1. The Balaban J connectivity index is 1.35. The summed E-state index contributed by atoms with van der Waals surface area (Å²) in [6, 6.07) is 5.60. The maximum atomic E-state index is 12.1. The third kappa shape index (κ3) is 5.67. The smallest absolute Gasteiger partial charge is 0.350 e. The van der Waals surface area contributed by atoms with E-state index in [9.17, 15) is 9.90 Å². The number of phenols is 1. The molecule has 1 aromatic carbocycles. The van der Waals surface area contributed by atoms with Crippen molar-refractivity contribution in [3.8, 4) is 16.3 Å². The third-order valence-corrected chi connectivity index (χ3v) is 7.56. The van der Waals surface area contributed by atoms with Crippen molar-refractivity contribution in [1.29, 1.82) is 0 Å². The van der Waals surface area contributed by atoms with Gasteiger partial charge in [-0.25, -0.2) is 9.78 Å². The number of thiazole rings is 1. The monoisotopic (exact) mass is 458 g/mol. The van der Waals surface area contributed by atoms with Crippen LogP contribution in [0.3, 0.4) is 0 Å². The topological polar surface area (TPSA) is 69.1 Å². The zero-order valence-electron chi connectivity index (χ0n) is 19.2. The van der Waals surface area contributed by atoms with Gasteiger partial charge in [-0.05, 0) is 58.0 Å². The minimum Gasteiger partial charge on any atom is -0.508 e. The Morgan fingerprint density at radius 1 is 1.06 bits per heavy atom. The number of phenolic OH excluding ortho intramolecular Hbond substituents is 1. The average Bonchev–Trinajstić information content (AvgIpc) is 3.45. The minimum absolute atomic E-state index is 0.309. The van der Waals surface area contributed by atoms with Crippen LogP contribution < -0.4 is 0 Å². The molecule has 1 aromatic heterocycles. The van der Waals surface area contributed by atoms with Gasteiger partial charge in [0, 0.05) is 56.9 Å². The Bertz CT molecular complexity index is 918. The molecule has 2 aliphatic heterocycles. The van der Waals surface area contributed by atoms with E-state index in [1.54, 1.807) is 13.0 Å². The number of likely N-dealkylation sites (tertiary alicyclic amines) is 1. The lowest BCUT2D eigenvalue weighted by Gasteiger charge is -2.35. The molecule has 2 aliphatic rings. The fourth-order valence-electron chi connectivity index (χ4n) is 4.45. The number of hydrogen-bond donors (Lipinski definition) is 1. The number of rotatable bonds is 8. The van der Waals surface area contributed by atoms with Crippen molar-refractivity contribution in [2.75, 3.05) is 59.0 Å². The van der Waals surface area contributed by atoms with E-state index in [1.807, 2.05) is 19.1 Å². The summed E-state index contributed by atoms with van der Waals surface area (Å²) in [5, 5.41) is 11.2. The lowest BCUT2D eigenvalue weighted by molar-refractivity contribution is 0.0531. The van der Waals surface area contributed by atoms with Crippen molar-refractivity contribution in [2.45, 2.75) is 33.2 Å². The Morgan fingerprint density at radius 2 is 1.72 bits per heavy atom. The summed E-state index contributed by atoms with van der Waals surface area (Å²) in [6.07, 6.45) is 2.70. The van der Waals surface area contributed by atoms with Gasteiger partial charge >= 0.3 is 5.97 Å². The summed E-state index contributed by atoms with van der Waals surface area (Å²) in [7, 11) is 0. The molecule has 0 unspecified atom stereocenters. The SMILES string of the molecule is CCOC(=O)c1sc(-c2ccc(O)c(CN3CCN(CCN4CCCC4)CC3)c2)nc1C. The van der Waals surface area contributed by atoms with Gasteiger partial charge in [-0.1, -0.05) is 0 Å². The van der Waals surface area contributed by atoms with Crippen molar-refractivity contribution in [3.05, 3.63) is 34.3 Å². The number of nitrogens with zero attached hydrogens (tertiary/aromatic N) is 4. The van der Waals surface area contributed by atoms with Crippen LogP contribution in [0.5, 0.6) is 5.75 Å². The van der Waals surface area contributed by atoms with Crippen LogP contribution in [0.25, 0.3) is 10.6 Å². The highest BCUT2D eigenvalue weighted by molar-refractivity contribution is 7.17. The molecule has 7 nitrogen and oxygen atoms in total. The fraction of sp³-hybridized carbons (Fsp3) is 0.583. The van der Waals surface area contributed by atoms with Crippen molar-refractivity contribution < 1.29 is 14.6 Å². The zero-order chi connectivity index (χ0) is 22.5. The third-order valence-electron chi connectivity index (χ3n) is 6.37. The summed E-state index contributed by atoms with van der Waals surface area (Å²) >= 11 is 1.35. The van der Waals surface area contributed by atoms with E-state index < -0.39 is 0 Å². The molecule has 3 heterocycles. The highest BCUT2D eigenvalue weighted by atomic mass is 32.1. The van der Waals surface area contributed by atoms with Crippen molar-refractivity contribution in [1.82, 2.24) is 19.7 Å². The van der Waals surface area contributed by atoms with E-state index in [0.717, 1.165) is 48.9 Å². The summed E-state index contributed by atoms with van der Waals surface area (Å²) in [5.41, 5.74) is 2.51. The van der Waals surface area contributed by atoms with Crippen molar-refractivity contribution >= 4 is 17.3 Å². The van der Waals surface area contributed by atoms with Crippen LogP contribution in [-0.4, -0.2) is 89.7 Å². The lowest BCUT2D eigenvalue weighted by Crippen LogP contribution is -2.47. The normalized spacial score (nSPS) is 18.3. The van der Waals surface area contributed by atoms with Crippen LogP contribution in [0.4, 0.5) is 0 Å². The Hall–Kier alpha value is -2.00. The number of carbonyl (C=O) groups is 1. The van der Waals surface area contributed by atoms with E-state index in [-0.39, 0.29) is 5.97 Å². The minimum atomic E-state index is -0.324. The molecule has 32 heavy (non-hydrogen) atoms. The molecule has 0 saturated carbocycles. The molecule has 0 aliphatic carbocycles. The van der Waals surface area contributed by atoms with Crippen molar-refractivity contribution in [3.63, 3.8) is 0 Å². The summed E-state index contributed by atoms with van der Waals surface area (Å²) < 4.78 is 5.13. The Kier molecular flexibility index (Phi) is 7.78. The first-order chi connectivity index (χ1) is 15.5. The first-order valence-electron chi connectivity index (χ1n) is 11.7. The van der Waals surface area contributed by atoms with E-state index in [4.69, 9.17) is 4.74 Å². The summed E-state index contributed by atoms with van der Waals surface area (Å²) in [4.78, 5) is 24.8. The van der Waals surface area contributed by atoms with E-state index in [0.29, 0.717) is 29.5 Å². The van der Waals surface area contributed by atoms with Crippen LogP contribution in [0.15, 0.2) is 18.2 Å². The molecular formula is C24H34N4O3S. The van der Waals surface area contributed by atoms with Gasteiger partial charge in [0.2, 0.25) is 0 Å². The van der Waals surface area contributed by atoms with Gasteiger partial charge in [0.15, 0.2) is 0 Å². The van der Waals surface area contributed by atoms with Crippen LogP contribution in [-0.2, 0) is 11.3 Å². The molecular weight excluding hydrogens is 424 g/mol. The van der Waals surface area contributed by atoms with Crippen LogP contribution in [0.2, 0.25) is 0 Å². The summed E-state index contributed by atoms with van der Waals surface area (Å²) in [5.74, 6) is -0.0144. The van der Waals surface area contributed by atoms with Crippen LogP contribution in [0.1, 0.15) is 40.7 Å². The molecule has 4 rings (SSSR count). The first-order valence-corrected chi connectivity index (χ1v) is 12.5. The molecule has 0 amide bonds. The van der Waals surface area contributed by atoms with Crippen LogP contribution >= 0.6 is 11.3 Å². The van der Waals surface area contributed by atoms with Crippen molar-refractivity contribution in [2.24, 2.45) is 0 Å². The molecule has 174 valence electrons. The number of ether oxygens (including phenoxy) is 1. The predicted molar refractivity (Wildman–Crippen MR) is 127 cm³/mol. The number of carbonyl (C=O) groups excluding carboxylic acids is 1. The van der Waals surface area contributed by atoms with E-state index in [2.05, 4.69) is 19.7 Å². The van der Waals surface area contributed by atoms with Crippen LogP contribution in [0, 0.1) is 6.92 Å². The highest BCUT2D eigenvalue weighted by Gasteiger charge is 2.21. The highest BCUT2D eigenvalue weighted by Crippen LogP contribution is 2.32. The molecule has 0 spiro atoms. The Labute approximate surface area is 194 Å². The van der Waals surface area contributed by atoms with Gasteiger partial charge in [0.25, 0.3) is 0 Å². The second kappa shape index (κ2) is 10.7. The lowest BCUT2D eigenvalue weighted by atomic mass is 10.1. The number of benzene rings is 1. The van der Waals surface area contributed by atoms with E-state index >= 15 is 0 Å². The van der Waals surface area contributed by atoms with Gasteiger partial charge in [0.05, 0.1) is 12.3 Å². The van der Waals surface area contributed by atoms with Gasteiger partial charge < -0.3 is 14.7 Å². The standard InChI is InChI=1S/C24H34N4O3S/c1-3-31-24(30)22-18(2)25-23(32-22)19-6-7-21(29)20(16-19)17-28-14-12-27(13-15-28)11-10-26-8-4-5-9-26/h6-7,16,29H,3-5,8-15,17H2,1-2H3. The molecule has 0 radical (unpaired) electrons. The number of aromatic hydroxyl groups is 1. The maximum Gasteiger partial charge on any atom is 0.350 e. The largest absolute Gasteiger partial charge is 0.508 e. The molecule has 8 heteroatoms. The number of aryl methyl sites for hydroxylation is 1. The molecule has 0 atom stereocenters. The quantitative estimate of drug-likeness (QED) is 0.609. The average molecular weight is 459 g/mol. The molecule has 2 fully saturated rings. The first kappa shape index (κ1) is 23.2. The van der Waals surface area contributed by atoms with Gasteiger partial charge in [-0.3, -0.25) is 9.80 Å². The predicted octanol–water partition coefficient (Wildman–Crippen LogP) is 3.21. The van der Waals surface area contributed by atoms with Gasteiger partial charge in [-0.15, -0.1) is 11.3 Å². The van der Waals surface area contributed by atoms with E-state index in [1.165, 1.54) is 43.8 Å². The van der Waals surface area contributed by atoms with Gasteiger partial charge in [0.1, 0.15) is 15.6 Å². The molecule has 0 bridgehead atoms. The Morgan fingerprint density at radius 3 is 2.41 bits per heavy atom. The summed E-state index contributed by atoms with van der Waals surface area (Å²) in [6.45, 7) is 13.7. The van der Waals surface area contributed by atoms with Gasteiger partial charge in [-0.2, -0.15) is 0 Å². The second-order valence-electron chi connectivity index (χ2n) is 8.66. The number of aromatic nitrogens is 1. The molecule has 2 saturated heterocycles.